The second kappa shape index (κ2) is 5.85. The molecule has 0 aliphatic carbocycles. The Hall–Kier alpha value is -1.87. The Kier molecular flexibility index (Phi) is 4.17. The van der Waals surface area contributed by atoms with Crippen molar-refractivity contribution in [1.29, 1.82) is 0 Å². The molecule has 100 valence electrons. The van der Waals surface area contributed by atoms with Crippen LogP contribution in [0.5, 0.6) is 11.6 Å². The van der Waals surface area contributed by atoms with Crippen LogP contribution in [0.1, 0.15) is 43.9 Å². The molecule has 2 aromatic rings. The van der Waals surface area contributed by atoms with E-state index in [4.69, 9.17) is 4.74 Å². The maximum atomic E-state index is 9.55. The molecule has 3 heteroatoms. The summed E-state index contributed by atoms with van der Waals surface area (Å²) in [5, 5.41) is 9.55. The van der Waals surface area contributed by atoms with Gasteiger partial charge in [0.15, 0.2) is 0 Å². The minimum Gasteiger partial charge on any atom is -0.439 e. The predicted molar refractivity (Wildman–Crippen MR) is 75.5 cm³/mol. The van der Waals surface area contributed by atoms with Crippen molar-refractivity contribution in [3.8, 4) is 11.6 Å². The number of hydrogen-bond acceptors (Lipinski definition) is 3. The number of aliphatic hydroxyl groups excluding tert-OH is 1. The number of aromatic nitrogens is 1. The molecule has 0 saturated heterocycles. The predicted octanol–water partition coefficient (Wildman–Crippen LogP) is 4.05. The molecule has 1 aromatic heterocycles. The minimum atomic E-state index is -0.521. The van der Waals surface area contributed by atoms with Crippen LogP contribution in [-0.2, 0) is 0 Å². The third-order valence-electron chi connectivity index (χ3n) is 2.99. The number of aliphatic hydroxyl groups is 1. The fourth-order valence-corrected chi connectivity index (χ4v) is 1.80. The first kappa shape index (κ1) is 13.6. The van der Waals surface area contributed by atoms with Crippen LogP contribution in [0.3, 0.4) is 0 Å². The van der Waals surface area contributed by atoms with Gasteiger partial charge in [0.1, 0.15) is 5.75 Å². The Labute approximate surface area is 113 Å². The summed E-state index contributed by atoms with van der Waals surface area (Å²) in [7, 11) is 0. The summed E-state index contributed by atoms with van der Waals surface area (Å²) in [6, 6.07) is 11.5. The summed E-state index contributed by atoms with van der Waals surface area (Å²) in [4.78, 5) is 4.16. The number of rotatable bonds is 4. The zero-order valence-electron chi connectivity index (χ0n) is 11.5. The van der Waals surface area contributed by atoms with Gasteiger partial charge in [0.05, 0.1) is 6.10 Å². The molecule has 0 aliphatic rings. The zero-order chi connectivity index (χ0) is 13.8. The number of nitrogens with zero attached hydrogens (tertiary/aromatic N) is 1. The van der Waals surface area contributed by atoms with Gasteiger partial charge in [0, 0.05) is 12.3 Å². The average molecular weight is 257 g/mol. The van der Waals surface area contributed by atoms with Crippen molar-refractivity contribution in [3.63, 3.8) is 0 Å². The maximum absolute atomic E-state index is 9.55. The van der Waals surface area contributed by atoms with E-state index in [1.165, 1.54) is 5.56 Å². The SMILES string of the molecule is CC(C)c1cccc(Oc2cc([C@H](C)O)ccn2)c1. The summed E-state index contributed by atoms with van der Waals surface area (Å²) in [6.45, 7) is 6.01. The highest BCUT2D eigenvalue weighted by atomic mass is 16.5. The van der Waals surface area contributed by atoms with E-state index in [0.29, 0.717) is 11.8 Å². The van der Waals surface area contributed by atoms with E-state index in [9.17, 15) is 5.11 Å². The molecule has 0 radical (unpaired) electrons. The molecule has 0 unspecified atom stereocenters. The highest BCUT2D eigenvalue weighted by Crippen LogP contribution is 2.25. The monoisotopic (exact) mass is 257 g/mol. The van der Waals surface area contributed by atoms with E-state index in [-0.39, 0.29) is 0 Å². The molecule has 19 heavy (non-hydrogen) atoms. The van der Waals surface area contributed by atoms with Crippen molar-refractivity contribution in [1.82, 2.24) is 4.98 Å². The van der Waals surface area contributed by atoms with Crippen molar-refractivity contribution in [2.75, 3.05) is 0 Å². The molecular weight excluding hydrogens is 238 g/mol. The van der Waals surface area contributed by atoms with Gasteiger partial charge in [-0.25, -0.2) is 4.98 Å². The van der Waals surface area contributed by atoms with Crippen LogP contribution in [0.4, 0.5) is 0 Å². The summed E-state index contributed by atoms with van der Waals surface area (Å²) in [5.74, 6) is 1.72. The molecule has 1 N–H and O–H groups in total. The molecule has 0 bridgehead atoms. The van der Waals surface area contributed by atoms with Crippen LogP contribution in [0.25, 0.3) is 0 Å². The van der Waals surface area contributed by atoms with E-state index in [2.05, 4.69) is 24.9 Å². The lowest BCUT2D eigenvalue weighted by Crippen LogP contribution is -1.95. The van der Waals surface area contributed by atoms with Crippen molar-refractivity contribution in [3.05, 3.63) is 53.7 Å². The molecule has 3 nitrogen and oxygen atoms in total. The number of pyridine rings is 1. The highest BCUT2D eigenvalue weighted by Gasteiger charge is 2.06. The van der Waals surface area contributed by atoms with Crippen LogP contribution in [0, 0.1) is 0 Å². The number of hydrogen-bond donors (Lipinski definition) is 1. The van der Waals surface area contributed by atoms with Gasteiger partial charge in [0.2, 0.25) is 5.88 Å². The fourth-order valence-electron chi connectivity index (χ4n) is 1.80. The van der Waals surface area contributed by atoms with Gasteiger partial charge in [-0.3, -0.25) is 0 Å². The highest BCUT2D eigenvalue weighted by molar-refractivity contribution is 5.34. The van der Waals surface area contributed by atoms with Crippen LogP contribution in [0.15, 0.2) is 42.6 Å². The number of ether oxygens (including phenoxy) is 1. The van der Waals surface area contributed by atoms with Gasteiger partial charge in [-0.2, -0.15) is 0 Å². The Morgan fingerprint density at radius 2 is 1.84 bits per heavy atom. The van der Waals surface area contributed by atoms with Gasteiger partial charge in [-0.1, -0.05) is 26.0 Å². The van der Waals surface area contributed by atoms with Gasteiger partial charge >= 0.3 is 0 Å². The van der Waals surface area contributed by atoms with Crippen LogP contribution in [0.2, 0.25) is 0 Å². The van der Waals surface area contributed by atoms with Gasteiger partial charge in [-0.15, -0.1) is 0 Å². The second-order valence-electron chi connectivity index (χ2n) is 4.93. The third kappa shape index (κ3) is 3.55. The topological polar surface area (TPSA) is 42.4 Å². The summed E-state index contributed by atoms with van der Waals surface area (Å²) < 4.78 is 5.74. The molecule has 0 fully saturated rings. The molecule has 1 atom stereocenters. The first-order chi connectivity index (χ1) is 9.06. The number of benzene rings is 1. The molecule has 1 aromatic carbocycles. The molecule has 2 rings (SSSR count). The van der Waals surface area contributed by atoms with E-state index < -0.39 is 6.10 Å². The van der Waals surface area contributed by atoms with E-state index in [0.717, 1.165) is 11.3 Å². The molecule has 0 spiro atoms. The van der Waals surface area contributed by atoms with E-state index in [1.807, 2.05) is 18.2 Å². The largest absolute Gasteiger partial charge is 0.439 e. The summed E-state index contributed by atoms with van der Waals surface area (Å²) >= 11 is 0. The lowest BCUT2D eigenvalue weighted by atomic mass is 10.0. The first-order valence-electron chi connectivity index (χ1n) is 6.48. The van der Waals surface area contributed by atoms with E-state index >= 15 is 0 Å². The Balaban J connectivity index is 2.21. The summed E-state index contributed by atoms with van der Waals surface area (Å²) in [5.41, 5.74) is 2.02. The first-order valence-corrected chi connectivity index (χ1v) is 6.48. The molecule has 1 heterocycles. The maximum Gasteiger partial charge on any atom is 0.219 e. The summed E-state index contributed by atoms with van der Waals surface area (Å²) in [6.07, 6.45) is 1.12. The zero-order valence-corrected chi connectivity index (χ0v) is 11.5. The smallest absolute Gasteiger partial charge is 0.219 e. The van der Waals surface area contributed by atoms with Gasteiger partial charge in [-0.05, 0) is 42.2 Å². The minimum absolute atomic E-state index is 0.459. The second-order valence-corrected chi connectivity index (χ2v) is 4.93. The molecule has 0 amide bonds. The quantitative estimate of drug-likeness (QED) is 0.898. The van der Waals surface area contributed by atoms with Crippen LogP contribution < -0.4 is 4.74 Å². The lowest BCUT2D eigenvalue weighted by Gasteiger charge is -2.10. The Morgan fingerprint density at radius 3 is 2.53 bits per heavy atom. The fraction of sp³-hybridized carbons (Fsp3) is 0.312. The average Bonchev–Trinajstić information content (AvgIpc) is 2.39. The lowest BCUT2D eigenvalue weighted by molar-refractivity contribution is 0.198. The van der Waals surface area contributed by atoms with Crippen molar-refractivity contribution in [2.24, 2.45) is 0 Å². The van der Waals surface area contributed by atoms with Crippen LogP contribution >= 0.6 is 0 Å². The van der Waals surface area contributed by atoms with Gasteiger partial charge in [0.25, 0.3) is 0 Å². The molecular formula is C16H19NO2. The van der Waals surface area contributed by atoms with Crippen molar-refractivity contribution < 1.29 is 9.84 Å². The molecule has 0 saturated carbocycles. The van der Waals surface area contributed by atoms with Gasteiger partial charge < -0.3 is 9.84 Å². The van der Waals surface area contributed by atoms with Crippen LogP contribution in [-0.4, -0.2) is 10.1 Å². The third-order valence-corrected chi connectivity index (χ3v) is 2.99. The Morgan fingerprint density at radius 1 is 1.05 bits per heavy atom. The van der Waals surface area contributed by atoms with E-state index in [1.54, 1.807) is 25.3 Å². The van der Waals surface area contributed by atoms with Crippen molar-refractivity contribution in [2.45, 2.75) is 32.8 Å². The van der Waals surface area contributed by atoms with Crippen molar-refractivity contribution >= 4 is 0 Å². The molecule has 0 aliphatic heterocycles. The standard InChI is InChI=1S/C16H19NO2/c1-11(2)13-5-4-6-15(9-13)19-16-10-14(12(3)18)7-8-17-16/h4-12,18H,1-3H3/t12-/m0/s1. The normalized spacial score (nSPS) is 12.5. The Bertz CT molecular complexity index is 500.